The fraction of sp³-hybridized carbons (Fsp3) is 0.583. The van der Waals surface area contributed by atoms with Gasteiger partial charge in [-0.3, -0.25) is 4.98 Å². The smallest absolute Gasteiger partial charge is 0.138 e. The zero-order chi connectivity index (χ0) is 10.1. The summed E-state index contributed by atoms with van der Waals surface area (Å²) in [5.41, 5.74) is 0. The van der Waals surface area contributed by atoms with Crippen molar-refractivity contribution in [2.24, 2.45) is 11.8 Å². The van der Waals surface area contributed by atoms with Crippen LogP contribution >= 0.6 is 12.4 Å². The van der Waals surface area contributed by atoms with Crippen molar-refractivity contribution in [1.29, 1.82) is 0 Å². The summed E-state index contributed by atoms with van der Waals surface area (Å²) in [6.45, 7) is 2.30. The minimum Gasteiger partial charge on any atom is -0.488 e. The summed E-state index contributed by atoms with van der Waals surface area (Å²) in [6, 6.07) is 3.91. The fourth-order valence-corrected chi connectivity index (χ4v) is 2.83. The molecule has 1 N–H and O–H groups in total. The molecule has 0 spiro atoms. The number of ether oxygens (including phenoxy) is 1. The molecule has 1 aromatic heterocycles. The maximum absolute atomic E-state index is 5.99. The van der Waals surface area contributed by atoms with Crippen LogP contribution in [0.1, 0.15) is 12.8 Å². The minimum atomic E-state index is 0. The Labute approximate surface area is 102 Å². The van der Waals surface area contributed by atoms with E-state index in [9.17, 15) is 0 Å². The third-order valence-electron chi connectivity index (χ3n) is 3.61. The second-order valence-corrected chi connectivity index (χ2v) is 4.50. The van der Waals surface area contributed by atoms with Crippen molar-refractivity contribution in [3.05, 3.63) is 24.5 Å². The molecule has 3 atom stereocenters. The van der Waals surface area contributed by atoms with Crippen LogP contribution in [0, 0.1) is 11.8 Å². The lowest BCUT2D eigenvalue weighted by Crippen LogP contribution is -2.26. The predicted octanol–water partition coefficient (Wildman–Crippen LogP) is 1.88. The second-order valence-electron chi connectivity index (χ2n) is 4.50. The molecule has 3 rings (SSSR count). The molecule has 2 fully saturated rings. The maximum atomic E-state index is 5.99. The van der Waals surface area contributed by atoms with Crippen molar-refractivity contribution in [2.45, 2.75) is 18.9 Å². The zero-order valence-corrected chi connectivity index (χ0v) is 9.95. The Hall–Kier alpha value is -0.800. The van der Waals surface area contributed by atoms with Crippen molar-refractivity contribution in [3.63, 3.8) is 0 Å². The zero-order valence-electron chi connectivity index (χ0n) is 9.13. The molecule has 0 aromatic carbocycles. The Kier molecular flexibility index (Phi) is 3.66. The number of pyridine rings is 1. The first-order valence-corrected chi connectivity index (χ1v) is 5.71. The maximum Gasteiger partial charge on any atom is 0.138 e. The number of nitrogens with zero attached hydrogens (tertiary/aromatic N) is 1. The quantitative estimate of drug-likeness (QED) is 0.857. The molecule has 1 aromatic rings. The Balaban J connectivity index is 0.000000963. The Bertz CT molecular complexity index is 333. The third kappa shape index (κ3) is 2.15. The van der Waals surface area contributed by atoms with E-state index in [4.69, 9.17) is 4.74 Å². The van der Waals surface area contributed by atoms with Gasteiger partial charge in [0.2, 0.25) is 0 Å². The lowest BCUT2D eigenvalue weighted by atomic mass is 9.99. The van der Waals surface area contributed by atoms with E-state index in [2.05, 4.69) is 10.3 Å². The van der Waals surface area contributed by atoms with Gasteiger partial charge in [-0.25, -0.2) is 0 Å². The summed E-state index contributed by atoms with van der Waals surface area (Å²) in [6.07, 6.45) is 6.49. The molecule has 88 valence electrons. The van der Waals surface area contributed by atoms with E-state index in [-0.39, 0.29) is 12.4 Å². The number of rotatable bonds is 2. The van der Waals surface area contributed by atoms with Gasteiger partial charge in [0, 0.05) is 18.7 Å². The SMILES string of the molecule is Cl.c1cncc(O[C@H]2CC[C@@H]3CNC[C@@H]32)c1. The van der Waals surface area contributed by atoms with Crippen molar-refractivity contribution >= 4 is 12.4 Å². The molecule has 1 saturated heterocycles. The number of nitrogens with one attached hydrogen (secondary N) is 1. The van der Waals surface area contributed by atoms with E-state index in [1.165, 1.54) is 19.4 Å². The van der Waals surface area contributed by atoms with E-state index in [1.54, 1.807) is 12.4 Å². The highest BCUT2D eigenvalue weighted by molar-refractivity contribution is 5.85. The van der Waals surface area contributed by atoms with Gasteiger partial charge in [-0.2, -0.15) is 0 Å². The van der Waals surface area contributed by atoms with Gasteiger partial charge in [-0.15, -0.1) is 12.4 Å². The van der Waals surface area contributed by atoms with Crippen LogP contribution in [0.15, 0.2) is 24.5 Å². The van der Waals surface area contributed by atoms with Crippen LogP contribution in [0.4, 0.5) is 0 Å². The van der Waals surface area contributed by atoms with Crippen LogP contribution in [0.25, 0.3) is 0 Å². The van der Waals surface area contributed by atoms with E-state index in [1.807, 2.05) is 12.1 Å². The van der Waals surface area contributed by atoms with Gasteiger partial charge >= 0.3 is 0 Å². The van der Waals surface area contributed by atoms with Crippen molar-refractivity contribution in [1.82, 2.24) is 10.3 Å². The third-order valence-corrected chi connectivity index (χ3v) is 3.61. The predicted molar refractivity (Wildman–Crippen MR) is 65.0 cm³/mol. The summed E-state index contributed by atoms with van der Waals surface area (Å²) < 4.78 is 5.99. The van der Waals surface area contributed by atoms with E-state index in [0.29, 0.717) is 12.0 Å². The number of halogens is 1. The lowest BCUT2D eigenvalue weighted by molar-refractivity contribution is 0.158. The van der Waals surface area contributed by atoms with Crippen LogP contribution < -0.4 is 10.1 Å². The van der Waals surface area contributed by atoms with Crippen molar-refractivity contribution in [3.8, 4) is 5.75 Å². The van der Waals surface area contributed by atoms with Crippen molar-refractivity contribution in [2.75, 3.05) is 13.1 Å². The summed E-state index contributed by atoms with van der Waals surface area (Å²) in [7, 11) is 0. The van der Waals surface area contributed by atoms with Gasteiger partial charge in [0.05, 0.1) is 6.20 Å². The van der Waals surface area contributed by atoms with Gasteiger partial charge in [-0.05, 0) is 37.4 Å². The Morgan fingerprint density at radius 1 is 1.31 bits per heavy atom. The molecule has 1 aliphatic carbocycles. The first-order valence-electron chi connectivity index (χ1n) is 5.71. The molecule has 3 nitrogen and oxygen atoms in total. The monoisotopic (exact) mass is 240 g/mol. The molecule has 0 unspecified atom stereocenters. The molecule has 16 heavy (non-hydrogen) atoms. The number of fused-ring (bicyclic) bond motifs is 1. The van der Waals surface area contributed by atoms with Crippen LogP contribution in [0.5, 0.6) is 5.75 Å². The standard InChI is InChI=1S/C12H16N2O.ClH/c1-2-10(7-13-5-1)15-12-4-3-9-6-14-8-11(9)12;/h1-2,5,7,9,11-12,14H,3-4,6,8H2;1H/t9-,11+,12+;/m1./s1. The first kappa shape index (κ1) is 11.7. The highest BCUT2D eigenvalue weighted by Gasteiger charge is 2.40. The Morgan fingerprint density at radius 2 is 2.25 bits per heavy atom. The minimum absolute atomic E-state index is 0. The molecule has 0 bridgehead atoms. The van der Waals surface area contributed by atoms with E-state index < -0.39 is 0 Å². The van der Waals surface area contributed by atoms with Gasteiger partial charge in [0.25, 0.3) is 0 Å². The highest BCUT2D eigenvalue weighted by atomic mass is 35.5. The highest BCUT2D eigenvalue weighted by Crippen LogP contribution is 2.36. The lowest BCUT2D eigenvalue weighted by Gasteiger charge is -2.19. The molecular weight excluding hydrogens is 224 g/mol. The fourth-order valence-electron chi connectivity index (χ4n) is 2.83. The van der Waals surface area contributed by atoms with E-state index in [0.717, 1.165) is 18.2 Å². The summed E-state index contributed by atoms with van der Waals surface area (Å²) >= 11 is 0. The topological polar surface area (TPSA) is 34.1 Å². The first-order chi connectivity index (χ1) is 7.43. The van der Waals surface area contributed by atoms with Gasteiger partial charge in [0.15, 0.2) is 0 Å². The molecule has 1 saturated carbocycles. The average Bonchev–Trinajstić information content (AvgIpc) is 2.85. The molecule has 2 heterocycles. The molecular formula is C12H17ClN2O. The Morgan fingerprint density at radius 3 is 3.06 bits per heavy atom. The van der Waals surface area contributed by atoms with Crippen LogP contribution in [0.3, 0.4) is 0 Å². The molecule has 4 heteroatoms. The number of hydrogen-bond acceptors (Lipinski definition) is 3. The second kappa shape index (κ2) is 5.02. The van der Waals surface area contributed by atoms with Crippen LogP contribution in [-0.2, 0) is 0 Å². The number of aromatic nitrogens is 1. The normalized spacial score (nSPS) is 31.9. The van der Waals surface area contributed by atoms with Gasteiger partial charge < -0.3 is 10.1 Å². The largest absolute Gasteiger partial charge is 0.488 e. The molecule has 0 radical (unpaired) electrons. The summed E-state index contributed by atoms with van der Waals surface area (Å²) in [4.78, 5) is 4.07. The average molecular weight is 241 g/mol. The number of hydrogen-bond donors (Lipinski definition) is 1. The molecule has 2 aliphatic rings. The van der Waals surface area contributed by atoms with Crippen LogP contribution in [-0.4, -0.2) is 24.2 Å². The molecule has 1 aliphatic heterocycles. The summed E-state index contributed by atoms with van der Waals surface area (Å²) in [5.74, 6) is 2.46. The van der Waals surface area contributed by atoms with E-state index >= 15 is 0 Å². The van der Waals surface area contributed by atoms with Crippen LogP contribution in [0.2, 0.25) is 0 Å². The van der Waals surface area contributed by atoms with Gasteiger partial charge in [0.1, 0.15) is 11.9 Å². The van der Waals surface area contributed by atoms with Gasteiger partial charge in [-0.1, -0.05) is 0 Å². The summed E-state index contributed by atoms with van der Waals surface area (Å²) in [5, 5.41) is 3.44. The molecule has 0 amide bonds. The van der Waals surface area contributed by atoms with Crippen molar-refractivity contribution < 1.29 is 4.74 Å².